The highest BCUT2D eigenvalue weighted by atomic mass is 16.6. The molecule has 128 valence electrons. The van der Waals surface area contributed by atoms with Gasteiger partial charge in [-0.05, 0) is 71.8 Å². The molecule has 1 aliphatic heterocycles. The molecule has 2 aliphatic rings. The molecule has 5 heteroatoms. The van der Waals surface area contributed by atoms with E-state index in [0.717, 1.165) is 44.9 Å². The van der Waals surface area contributed by atoms with Gasteiger partial charge in [0.15, 0.2) is 0 Å². The molecule has 0 bridgehead atoms. The van der Waals surface area contributed by atoms with Crippen LogP contribution in [0.4, 0.5) is 4.79 Å². The highest BCUT2D eigenvalue weighted by Gasteiger charge is 2.26. The second-order valence-electron chi connectivity index (χ2n) is 7.67. The number of amides is 1. The van der Waals surface area contributed by atoms with Crippen LogP contribution in [0.5, 0.6) is 0 Å². The fourth-order valence-electron chi connectivity index (χ4n) is 3.26. The van der Waals surface area contributed by atoms with Crippen LogP contribution in [0.15, 0.2) is 0 Å². The molecular formula is C17H32N2O3. The van der Waals surface area contributed by atoms with Crippen LogP contribution in [0.2, 0.25) is 0 Å². The van der Waals surface area contributed by atoms with Crippen molar-refractivity contribution in [2.24, 2.45) is 5.92 Å². The van der Waals surface area contributed by atoms with E-state index in [1.807, 2.05) is 20.8 Å². The minimum absolute atomic E-state index is 0.232. The first-order chi connectivity index (χ1) is 10.4. The van der Waals surface area contributed by atoms with Gasteiger partial charge in [0.05, 0.1) is 0 Å². The Morgan fingerprint density at radius 3 is 2.50 bits per heavy atom. The molecule has 2 fully saturated rings. The van der Waals surface area contributed by atoms with Crippen molar-refractivity contribution in [2.45, 2.75) is 77.0 Å². The predicted molar refractivity (Wildman–Crippen MR) is 87.0 cm³/mol. The molecule has 0 aromatic rings. The Hall–Kier alpha value is -0.810. The summed E-state index contributed by atoms with van der Waals surface area (Å²) >= 11 is 0. The van der Waals surface area contributed by atoms with Gasteiger partial charge in [-0.25, -0.2) is 4.79 Å². The summed E-state index contributed by atoms with van der Waals surface area (Å²) in [7, 11) is 0. The van der Waals surface area contributed by atoms with Crippen molar-refractivity contribution in [1.82, 2.24) is 10.6 Å². The van der Waals surface area contributed by atoms with Crippen molar-refractivity contribution < 1.29 is 14.3 Å². The maximum atomic E-state index is 11.9. The lowest BCUT2D eigenvalue weighted by molar-refractivity contribution is 0.0484. The Balaban J connectivity index is 1.68. The molecule has 1 heterocycles. The molecule has 0 radical (unpaired) electrons. The van der Waals surface area contributed by atoms with Crippen molar-refractivity contribution in [3.63, 3.8) is 0 Å². The summed E-state index contributed by atoms with van der Waals surface area (Å²) in [5.41, 5.74) is -0.431. The van der Waals surface area contributed by atoms with Gasteiger partial charge in [0, 0.05) is 25.3 Å². The lowest BCUT2D eigenvalue weighted by Crippen LogP contribution is -2.46. The highest BCUT2D eigenvalue weighted by molar-refractivity contribution is 5.68. The van der Waals surface area contributed by atoms with Gasteiger partial charge in [0.1, 0.15) is 5.60 Å². The van der Waals surface area contributed by atoms with Crippen LogP contribution >= 0.6 is 0 Å². The molecule has 22 heavy (non-hydrogen) atoms. The molecule has 0 spiro atoms. The molecule has 2 unspecified atom stereocenters. The van der Waals surface area contributed by atoms with E-state index in [9.17, 15) is 4.79 Å². The first-order valence-electron chi connectivity index (χ1n) is 8.73. The van der Waals surface area contributed by atoms with Crippen LogP contribution in [-0.2, 0) is 9.47 Å². The average molecular weight is 312 g/mol. The normalized spacial score (nSPS) is 27.4. The fraction of sp³-hybridized carbons (Fsp3) is 0.941. The van der Waals surface area contributed by atoms with Gasteiger partial charge in [-0.1, -0.05) is 0 Å². The number of rotatable bonds is 4. The van der Waals surface area contributed by atoms with Gasteiger partial charge >= 0.3 is 6.09 Å². The molecule has 2 rings (SSSR count). The SMILES string of the molecule is CC(C)(C)OC(=O)NC1CCCC(NCC2CCOCC2)C1. The average Bonchev–Trinajstić information content (AvgIpc) is 2.44. The summed E-state index contributed by atoms with van der Waals surface area (Å²) in [4.78, 5) is 11.9. The molecule has 2 N–H and O–H groups in total. The Morgan fingerprint density at radius 2 is 1.82 bits per heavy atom. The van der Waals surface area contributed by atoms with Gasteiger partial charge in [-0.2, -0.15) is 0 Å². The molecule has 2 atom stereocenters. The Labute approximate surface area is 134 Å². The second kappa shape index (κ2) is 8.16. The molecular weight excluding hydrogens is 280 g/mol. The zero-order valence-electron chi connectivity index (χ0n) is 14.3. The fourth-order valence-corrected chi connectivity index (χ4v) is 3.26. The van der Waals surface area contributed by atoms with E-state index in [4.69, 9.17) is 9.47 Å². The molecule has 1 aliphatic carbocycles. The zero-order chi connectivity index (χ0) is 16.0. The van der Waals surface area contributed by atoms with E-state index in [2.05, 4.69) is 10.6 Å². The third-order valence-corrected chi connectivity index (χ3v) is 4.43. The first kappa shape index (κ1) is 17.5. The first-order valence-corrected chi connectivity index (χ1v) is 8.73. The standard InChI is InChI=1S/C17H32N2O3/c1-17(2,3)22-16(20)19-15-6-4-5-14(11-15)18-12-13-7-9-21-10-8-13/h13-15,18H,4-12H2,1-3H3,(H,19,20). The van der Waals surface area contributed by atoms with Gasteiger partial charge in [-0.15, -0.1) is 0 Å². The summed E-state index contributed by atoms with van der Waals surface area (Å²) in [6.07, 6.45) is 6.46. The third kappa shape index (κ3) is 6.53. The predicted octanol–water partition coefficient (Wildman–Crippen LogP) is 2.84. The van der Waals surface area contributed by atoms with Crippen molar-refractivity contribution >= 4 is 6.09 Å². The number of carbonyl (C=O) groups is 1. The molecule has 5 nitrogen and oxygen atoms in total. The summed E-state index contributed by atoms with van der Waals surface area (Å²) in [5, 5.41) is 6.72. The van der Waals surface area contributed by atoms with E-state index in [1.165, 1.54) is 19.3 Å². The lowest BCUT2D eigenvalue weighted by Gasteiger charge is -2.32. The molecule has 1 saturated carbocycles. The highest BCUT2D eigenvalue weighted by Crippen LogP contribution is 2.21. The van der Waals surface area contributed by atoms with E-state index in [1.54, 1.807) is 0 Å². The maximum absolute atomic E-state index is 11.9. The van der Waals surface area contributed by atoms with Crippen LogP contribution in [0.3, 0.4) is 0 Å². The second-order valence-corrected chi connectivity index (χ2v) is 7.67. The molecule has 0 aromatic carbocycles. The number of alkyl carbamates (subject to hydrolysis) is 1. The topological polar surface area (TPSA) is 59.6 Å². The van der Waals surface area contributed by atoms with Crippen molar-refractivity contribution in [2.75, 3.05) is 19.8 Å². The molecule has 0 aromatic heterocycles. The number of ether oxygens (including phenoxy) is 2. The van der Waals surface area contributed by atoms with Gasteiger partial charge in [0.2, 0.25) is 0 Å². The van der Waals surface area contributed by atoms with Crippen molar-refractivity contribution in [3.8, 4) is 0 Å². The quantitative estimate of drug-likeness (QED) is 0.838. The minimum atomic E-state index is -0.431. The van der Waals surface area contributed by atoms with Crippen LogP contribution in [-0.4, -0.2) is 43.5 Å². The number of nitrogens with one attached hydrogen (secondary N) is 2. The molecule has 1 amide bonds. The van der Waals surface area contributed by atoms with Crippen LogP contribution in [0.1, 0.15) is 59.3 Å². The zero-order valence-corrected chi connectivity index (χ0v) is 14.3. The van der Waals surface area contributed by atoms with E-state index < -0.39 is 5.60 Å². The summed E-state index contributed by atoms with van der Waals surface area (Å²) < 4.78 is 10.7. The maximum Gasteiger partial charge on any atom is 0.407 e. The summed E-state index contributed by atoms with van der Waals surface area (Å²) in [5.74, 6) is 0.743. The van der Waals surface area contributed by atoms with Crippen molar-refractivity contribution in [1.29, 1.82) is 0 Å². The largest absolute Gasteiger partial charge is 0.444 e. The van der Waals surface area contributed by atoms with E-state index in [-0.39, 0.29) is 12.1 Å². The van der Waals surface area contributed by atoms with Gasteiger partial charge < -0.3 is 20.1 Å². The Kier molecular flexibility index (Phi) is 6.50. The molecule has 1 saturated heterocycles. The summed E-state index contributed by atoms with van der Waals surface area (Å²) in [6.45, 7) is 8.57. The minimum Gasteiger partial charge on any atom is -0.444 e. The Morgan fingerprint density at radius 1 is 1.14 bits per heavy atom. The number of hydrogen-bond donors (Lipinski definition) is 2. The van der Waals surface area contributed by atoms with Gasteiger partial charge in [-0.3, -0.25) is 0 Å². The smallest absolute Gasteiger partial charge is 0.407 e. The van der Waals surface area contributed by atoms with E-state index in [0.29, 0.717) is 6.04 Å². The summed E-state index contributed by atoms with van der Waals surface area (Å²) in [6, 6.07) is 0.743. The number of carbonyl (C=O) groups excluding carboxylic acids is 1. The van der Waals surface area contributed by atoms with E-state index >= 15 is 0 Å². The monoisotopic (exact) mass is 312 g/mol. The van der Waals surface area contributed by atoms with Crippen LogP contribution in [0.25, 0.3) is 0 Å². The number of hydrogen-bond acceptors (Lipinski definition) is 4. The van der Waals surface area contributed by atoms with Crippen LogP contribution in [0, 0.1) is 5.92 Å². The van der Waals surface area contributed by atoms with Crippen molar-refractivity contribution in [3.05, 3.63) is 0 Å². The lowest BCUT2D eigenvalue weighted by atomic mass is 9.90. The third-order valence-electron chi connectivity index (χ3n) is 4.43. The van der Waals surface area contributed by atoms with Gasteiger partial charge in [0.25, 0.3) is 0 Å². The Bertz CT molecular complexity index is 348. The van der Waals surface area contributed by atoms with Crippen LogP contribution < -0.4 is 10.6 Å².